The quantitative estimate of drug-likeness (QED) is 0.549. The van der Waals surface area contributed by atoms with Gasteiger partial charge in [0.15, 0.2) is 0 Å². The van der Waals surface area contributed by atoms with Gasteiger partial charge in [0.2, 0.25) is 5.78 Å². The smallest absolute Gasteiger partial charge is 0.460 e. The zero-order valence-electron chi connectivity index (χ0n) is 13.7. The minimum atomic E-state index is -6.84. The average molecular weight is 396 g/mol. The first-order chi connectivity index (χ1) is 11.2. The first-order valence-corrected chi connectivity index (χ1v) is 7.09. The van der Waals surface area contributed by atoms with Gasteiger partial charge in [-0.3, -0.25) is 14.4 Å². The lowest BCUT2D eigenvalue weighted by atomic mass is 9.56. The molecule has 12 heteroatoms. The van der Waals surface area contributed by atoms with Crippen LogP contribution in [0, 0.1) is 16.2 Å². The van der Waals surface area contributed by atoms with E-state index in [9.17, 15) is 55.3 Å². The van der Waals surface area contributed by atoms with Gasteiger partial charge >= 0.3 is 30.0 Å². The first-order valence-electron chi connectivity index (χ1n) is 7.09. The van der Waals surface area contributed by atoms with Crippen LogP contribution in [0.5, 0.6) is 0 Å². The maximum absolute atomic E-state index is 13.9. The second-order valence-electron chi connectivity index (χ2n) is 6.95. The standard InChI is InChI=1S/C14H15F7O5/c1-9(2)10(3,7(23)24)4-5-11(9,8(25)26)6(22)12(15,16)13(17,18)14(19,20)21/h4-5H2,1-3H3,(H,23,24)(H,25,26)/t10-,11?/m0/s1. The minimum Gasteiger partial charge on any atom is -0.481 e. The molecule has 1 aliphatic carbocycles. The van der Waals surface area contributed by atoms with E-state index in [0.717, 1.165) is 20.8 Å². The highest BCUT2D eigenvalue weighted by Crippen LogP contribution is 2.65. The fourth-order valence-corrected chi connectivity index (χ4v) is 3.37. The van der Waals surface area contributed by atoms with Crippen molar-refractivity contribution in [1.82, 2.24) is 0 Å². The van der Waals surface area contributed by atoms with E-state index in [0.29, 0.717) is 0 Å². The molecule has 0 aromatic rings. The lowest BCUT2D eigenvalue weighted by Gasteiger charge is -2.45. The molecule has 5 nitrogen and oxygen atoms in total. The second-order valence-corrected chi connectivity index (χ2v) is 6.95. The molecule has 0 aromatic carbocycles. The number of aliphatic carboxylic acids is 2. The van der Waals surface area contributed by atoms with Crippen molar-refractivity contribution in [3.63, 3.8) is 0 Å². The van der Waals surface area contributed by atoms with E-state index in [-0.39, 0.29) is 0 Å². The summed E-state index contributed by atoms with van der Waals surface area (Å²) in [4.78, 5) is 35.2. The maximum atomic E-state index is 13.9. The van der Waals surface area contributed by atoms with Crippen molar-refractivity contribution in [2.24, 2.45) is 16.2 Å². The van der Waals surface area contributed by atoms with Gasteiger partial charge in [-0.25, -0.2) is 0 Å². The Bertz CT molecular complexity index is 655. The molecule has 0 aliphatic heterocycles. The van der Waals surface area contributed by atoms with Gasteiger partial charge in [0.05, 0.1) is 5.41 Å². The number of carbonyl (C=O) groups excluding carboxylic acids is 1. The molecule has 1 saturated carbocycles. The van der Waals surface area contributed by atoms with Crippen LogP contribution in [0.4, 0.5) is 30.7 Å². The summed E-state index contributed by atoms with van der Waals surface area (Å²) in [6, 6.07) is 0. The SMILES string of the molecule is CC1(C)C(C(=O)O)(C(=O)C(F)(F)C(F)(F)C(F)(F)F)CC[C@@]1(C)C(=O)O. The number of rotatable bonds is 5. The van der Waals surface area contributed by atoms with E-state index in [4.69, 9.17) is 0 Å². The molecule has 1 aliphatic rings. The lowest BCUT2D eigenvalue weighted by molar-refractivity contribution is -0.345. The van der Waals surface area contributed by atoms with Crippen LogP contribution in [-0.2, 0) is 14.4 Å². The number of alkyl halides is 7. The van der Waals surface area contributed by atoms with Crippen LogP contribution in [-0.4, -0.2) is 46.0 Å². The Morgan fingerprint density at radius 1 is 0.808 bits per heavy atom. The van der Waals surface area contributed by atoms with Gasteiger partial charge in [-0.1, -0.05) is 13.8 Å². The van der Waals surface area contributed by atoms with Crippen LogP contribution in [0.1, 0.15) is 33.6 Å². The number of hydrogen-bond donors (Lipinski definition) is 2. The van der Waals surface area contributed by atoms with Gasteiger partial charge in [-0.05, 0) is 19.8 Å². The lowest BCUT2D eigenvalue weighted by Crippen LogP contribution is -2.64. The number of hydrogen-bond acceptors (Lipinski definition) is 3. The van der Waals surface area contributed by atoms with Gasteiger partial charge in [0, 0.05) is 5.41 Å². The molecule has 2 N–H and O–H groups in total. The van der Waals surface area contributed by atoms with Crippen molar-refractivity contribution in [1.29, 1.82) is 0 Å². The topological polar surface area (TPSA) is 91.7 Å². The number of carboxylic acids is 2. The van der Waals surface area contributed by atoms with Gasteiger partial charge < -0.3 is 10.2 Å². The molecule has 1 fully saturated rings. The maximum Gasteiger partial charge on any atom is 0.460 e. The van der Waals surface area contributed by atoms with Crippen LogP contribution in [0.15, 0.2) is 0 Å². The van der Waals surface area contributed by atoms with Crippen molar-refractivity contribution < 1.29 is 55.3 Å². The first kappa shape index (κ1) is 22.2. The van der Waals surface area contributed by atoms with Crippen molar-refractivity contribution in [3.05, 3.63) is 0 Å². The van der Waals surface area contributed by atoms with Crippen LogP contribution < -0.4 is 0 Å². The van der Waals surface area contributed by atoms with Crippen molar-refractivity contribution in [2.45, 2.75) is 51.6 Å². The number of Topliss-reactive ketones (excluding diaryl/α,β-unsaturated/α-hetero) is 1. The summed E-state index contributed by atoms with van der Waals surface area (Å²) in [5.74, 6) is -20.5. The normalized spacial score (nSPS) is 29.5. The number of ketones is 1. The highest BCUT2D eigenvalue weighted by Gasteiger charge is 2.82. The van der Waals surface area contributed by atoms with E-state index >= 15 is 0 Å². The van der Waals surface area contributed by atoms with E-state index in [1.807, 2.05) is 0 Å². The fraction of sp³-hybridized carbons (Fsp3) is 0.786. The zero-order valence-corrected chi connectivity index (χ0v) is 13.7. The average Bonchev–Trinajstić information content (AvgIpc) is 2.66. The molecule has 0 spiro atoms. The molecule has 0 aromatic heterocycles. The Balaban J connectivity index is 3.70. The molecule has 0 radical (unpaired) electrons. The summed E-state index contributed by atoms with van der Waals surface area (Å²) in [7, 11) is 0. The summed E-state index contributed by atoms with van der Waals surface area (Å²) in [5, 5.41) is 18.6. The van der Waals surface area contributed by atoms with Crippen molar-refractivity contribution in [3.8, 4) is 0 Å². The Morgan fingerprint density at radius 3 is 1.50 bits per heavy atom. The molecule has 1 rings (SSSR count). The summed E-state index contributed by atoms with van der Waals surface area (Å²) >= 11 is 0. The molecule has 1 unspecified atom stereocenters. The molecule has 0 amide bonds. The molecule has 0 heterocycles. The third-order valence-electron chi connectivity index (χ3n) is 5.71. The molecular formula is C14H15F7O5. The predicted octanol–water partition coefficient (Wildman–Crippen LogP) is 3.37. The minimum absolute atomic E-state index is 0.693. The van der Waals surface area contributed by atoms with Gasteiger partial charge in [-0.15, -0.1) is 0 Å². The molecular weight excluding hydrogens is 381 g/mol. The van der Waals surface area contributed by atoms with E-state index in [1.165, 1.54) is 0 Å². The van der Waals surface area contributed by atoms with Crippen molar-refractivity contribution >= 4 is 17.7 Å². The summed E-state index contributed by atoms with van der Waals surface area (Å²) in [6.45, 7) is 2.44. The van der Waals surface area contributed by atoms with E-state index in [1.54, 1.807) is 0 Å². The zero-order chi connectivity index (χ0) is 21.1. The number of carbonyl (C=O) groups is 3. The Labute approximate surface area is 142 Å². The summed E-state index contributed by atoms with van der Waals surface area (Å²) in [5.41, 5.74) is -8.00. The highest BCUT2D eigenvalue weighted by atomic mass is 19.4. The van der Waals surface area contributed by atoms with E-state index in [2.05, 4.69) is 0 Å². The third kappa shape index (κ3) is 2.33. The van der Waals surface area contributed by atoms with Gasteiger partial charge in [0.1, 0.15) is 5.41 Å². The number of halogens is 7. The van der Waals surface area contributed by atoms with Gasteiger partial charge in [0.25, 0.3) is 0 Å². The van der Waals surface area contributed by atoms with Crippen LogP contribution in [0.3, 0.4) is 0 Å². The summed E-state index contributed by atoms with van der Waals surface area (Å²) in [6.07, 6.45) is -8.66. The molecule has 0 saturated heterocycles. The van der Waals surface area contributed by atoms with Crippen molar-refractivity contribution in [2.75, 3.05) is 0 Å². The largest absolute Gasteiger partial charge is 0.481 e. The monoisotopic (exact) mass is 396 g/mol. The molecule has 0 bridgehead atoms. The molecule has 150 valence electrons. The van der Waals surface area contributed by atoms with Crippen LogP contribution >= 0.6 is 0 Å². The summed E-state index contributed by atoms with van der Waals surface area (Å²) < 4.78 is 91.4. The predicted molar refractivity (Wildman–Crippen MR) is 69.8 cm³/mol. The Kier molecular flexibility index (Phi) is 4.74. The molecule has 26 heavy (non-hydrogen) atoms. The van der Waals surface area contributed by atoms with E-state index < -0.39 is 64.8 Å². The molecule has 2 atom stereocenters. The Hall–Kier alpha value is -1.88. The van der Waals surface area contributed by atoms with Crippen LogP contribution in [0.2, 0.25) is 0 Å². The highest BCUT2D eigenvalue weighted by molar-refractivity contribution is 6.09. The van der Waals surface area contributed by atoms with Gasteiger partial charge in [-0.2, -0.15) is 30.7 Å². The third-order valence-corrected chi connectivity index (χ3v) is 5.71. The second kappa shape index (κ2) is 5.56. The van der Waals surface area contributed by atoms with Crippen LogP contribution in [0.25, 0.3) is 0 Å². The Morgan fingerprint density at radius 2 is 1.23 bits per heavy atom. The number of carboxylic acid groups (broad SMARTS) is 2. The fourth-order valence-electron chi connectivity index (χ4n) is 3.37.